The number of aromatic nitrogens is 5. The van der Waals surface area contributed by atoms with E-state index in [4.69, 9.17) is 4.74 Å². The van der Waals surface area contributed by atoms with Gasteiger partial charge in [-0.05, 0) is 37.7 Å². The minimum absolute atomic E-state index is 0.0177. The number of amides is 2. The molecule has 1 unspecified atom stereocenters. The molecule has 6 rings (SSSR count). The fraction of sp³-hybridized carbons (Fsp3) is 0.583. The molecule has 1 spiro atoms. The number of H-pyrrole nitrogens is 1. The molecule has 0 bridgehead atoms. The third kappa shape index (κ3) is 4.38. The number of rotatable bonds is 5. The summed E-state index contributed by atoms with van der Waals surface area (Å²) in [6.45, 7) is 2.78. The molecule has 1 saturated carbocycles. The van der Waals surface area contributed by atoms with Gasteiger partial charge in [0.1, 0.15) is 12.2 Å². The molecule has 0 radical (unpaired) electrons. The van der Waals surface area contributed by atoms with Crippen LogP contribution in [-0.4, -0.2) is 80.5 Å². The van der Waals surface area contributed by atoms with Crippen LogP contribution in [-0.2, 0) is 11.3 Å². The molecular formula is C24H29F3N8O2. The van der Waals surface area contributed by atoms with Crippen LogP contribution in [0.15, 0.2) is 18.5 Å². The summed E-state index contributed by atoms with van der Waals surface area (Å²) in [5.74, 6) is 1.04. The van der Waals surface area contributed by atoms with Crippen LogP contribution in [0.3, 0.4) is 0 Å². The second-order valence-electron chi connectivity index (χ2n) is 10.5. The SMILES string of the molecule is COC1CN(c2nn(CC(F)(F)F)c3cc(-c4[nH]ncc4NC(=O)N4CCC(C)CC45CC5)ncc23)C1. The first kappa shape index (κ1) is 24.0. The fourth-order valence-corrected chi connectivity index (χ4v) is 5.62. The van der Waals surface area contributed by atoms with Crippen molar-refractivity contribution < 1.29 is 22.7 Å². The molecule has 2 aliphatic heterocycles. The minimum atomic E-state index is -4.44. The molecule has 2 amide bonds. The Balaban J connectivity index is 1.30. The van der Waals surface area contributed by atoms with Crippen LogP contribution in [0.25, 0.3) is 22.3 Å². The summed E-state index contributed by atoms with van der Waals surface area (Å²) in [6, 6.07) is 1.36. The summed E-state index contributed by atoms with van der Waals surface area (Å²) in [6.07, 6.45) is 2.57. The fourth-order valence-electron chi connectivity index (χ4n) is 5.62. The maximum absolute atomic E-state index is 13.4. The van der Waals surface area contributed by atoms with Crippen LogP contribution in [0.1, 0.15) is 32.6 Å². The second kappa shape index (κ2) is 8.61. The van der Waals surface area contributed by atoms with Gasteiger partial charge in [-0.15, -0.1) is 0 Å². The Labute approximate surface area is 211 Å². The lowest BCUT2D eigenvalue weighted by Gasteiger charge is -2.39. The molecule has 13 heteroatoms. The van der Waals surface area contributed by atoms with Crippen LogP contribution in [0.2, 0.25) is 0 Å². The van der Waals surface area contributed by atoms with Gasteiger partial charge in [0.2, 0.25) is 0 Å². The van der Waals surface area contributed by atoms with Gasteiger partial charge in [0.15, 0.2) is 5.82 Å². The highest BCUT2D eigenvalue weighted by Gasteiger charge is 2.52. The predicted molar refractivity (Wildman–Crippen MR) is 130 cm³/mol. The number of nitrogens with one attached hydrogen (secondary N) is 2. The summed E-state index contributed by atoms with van der Waals surface area (Å²) in [7, 11) is 1.60. The Morgan fingerprint density at radius 2 is 2.08 bits per heavy atom. The highest BCUT2D eigenvalue weighted by Crippen LogP contribution is 2.50. The number of carbonyl (C=O) groups excluding carboxylic acids is 1. The average Bonchev–Trinajstić information content (AvgIpc) is 3.25. The van der Waals surface area contributed by atoms with Gasteiger partial charge in [0.05, 0.1) is 34.6 Å². The van der Waals surface area contributed by atoms with E-state index in [1.807, 2.05) is 9.80 Å². The third-order valence-corrected chi connectivity index (χ3v) is 7.78. The van der Waals surface area contributed by atoms with Gasteiger partial charge in [-0.2, -0.15) is 23.4 Å². The van der Waals surface area contributed by atoms with E-state index in [1.54, 1.807) is 13.2 Å². The lowest BCUT2D eigenvalue weighted by atomic mass is 9.91. The second-order valence-corrected chi connectivity index (χ2v) is 10.5. The van der Waals surface area contributed by atoms with Crippen molar-refractivity contribution in [2.24, 2.45) is 5.92 Å². The van der Waals surface area contributed by atoms with Crippen molar-refractivity contribution in [3.63, 3.8) is 0 Å². The number of ether oxygens (including phenoxy) is 1. The van der Waals surface area contributed by atoms with E-state index in [2.05, 4.69) is 32.5 Å². The monoisotopic (exact) mass is 518 g/mol. The number of pyridine rings is 1. The normalized spacial score (nSPS) is 21.5. The number of aromatic amines is 1. The Morgan fingerprint density at radius 1 is 1.30 bits per heavy atom. The smallest absolute Gasteiger partial charge is 0.378 e. The zero-order chi connectivity index (χ0) is 25.9. The Hall–Kier alpha value is -3.35. The number of anilines is 2. The van der Waals surface area contributed by atoms with Gasteiger partial charge in [0, 0.05) is 38.5 Å². The lowest BCUT2D eigenvalue weighted by molar-refractivity contribution is -0.141. The predicted octanol–water partition coefficient (Wildman–Crippen LogP) is 4.02. The quantitative estimate of drug-likeness (QED) is 0.529. The van der Waals surface area contributed by atoms with Gasteiger partial charge in [-0.25, -0.2) is 4.79 Å². The molecule has 2 N–H and O–H groups in total. The number of alkyl halides is 3. The molecule has 198 valence electrons. The molecule has 37 heavy (non-hydrogen) atoms. The molecule has 1 atom stereocenters. The number of halogens is 3. The first-order valence-corrected chi connectivity index (χ1v) is 12.5. The number of hydrogen-bond donors (Lipinski definition) is 2. The van der Waals surface area contributed by atoms with E-state index in [0.29, 0.717) is 59.3 Å². The van der Waals surface area contributed by atoms with Gasteiger partial charge in [-0.3, -0.25) is 14.8 Å². The standard InChI is InChI=1S/C24H29F3N8O2/c1-14-3-6-34(23(8-14)4-5-23)22(36)30-18-10-29-31-20(18)17-7-19-16(9-28-17)21(33-11-15(12-33)37-2)32-35(19)13-24(25,26)27/h7,9-10,14-15H,3-6,8,11-13H2,1-2H3,(H,29,31)(H,30,36). The van der Waals surface area contributed by atoms with Crippen LogP contribution >= 0.6 is 0 Å². The van der Waals surface area contributed by atoms with Gasteiger partial charge < -0.3 is 19.9 Å². The Morgan fingerprint density at radius 3 is 2.78 bits per heavy atom. The number of likely N-dealkylation sites (tertiary alicyclic amines) is 1. The largest absolute Gasteiger partial charge is 0.408 e. The maximum Gasteiger partial charge on any atom is 0.408 e. The number of fused-ring (bicyclic) bond motifs is 1. The molecule has 3 aromatic rings. The van der Waals surface area contributed by atoms with Crippen molar-refractivity contribution in [3.05, 3.63) is 18.5 Å². The topological polar surface area (TPSA) is 104 Å². The van der Waals surface area contributed by atoms with Gasteiger partial charge in [-0.1, -0.05) is 6.92 Å². The third-order valence-electron chi connectivity index (χ3n) is 7.78. The van der Waals surface area contributed by atoms with E-state index < -0.39 is 12.7 Å². The molecule has 1 aliphatic carbocycles. The lowest BCUT2D eigenvalue weighted by Crippen LogP contribution is -2.52. The summed E-state index contributed by atoms with van der Waals surface area (Å²) < 4.78 is 46.3. The molecule has 5 heterocycles. The van der Waals surface area contributed by atoms with Crippen molar-refractivity contribution in [2.75, 3.05) is 37.0 Å². The molecule has 3 aliphatic rings. The number of hydrogen-bond acceptors (Lipinski definition) is 6. The first-order chi connectivity index (χ1) is 17.7. The molecule has 3 fully saturated rings. The van der Waals surface area contributed by atoms with Crippen LogP contribution in [0.4, 0.5) is 29.5 Å². The zero-order valence-corrected chi connectivity index (χ0v) is 20.7. The number of methoxy groups -OCH3 is 1. The number of carbonyl (C=O) groups is 1. The molecule has 10 nitrogen and oxygen atoms in total. The van der Waals surface area contributed by atoms with Gasteiger partial charge in [0.25, 0.3) is 0 Å². The summed E-state index contributed by atoms with van der Waals surface area (Å²) in [5, 5.41) is 14.7. The van der Waals surface area contributed by atoms with Crippen molar-refractivity contribution in [3.8, 4) is 11.4 Å². The van der Waals surface area contributed by atoms with Crippen LogP contribution in [0.5, 0.6) is 0 Å². The molecule has 3 aromatic heterocycles. The maximum atomic E-state index is 13.4. The highest BCUT2D eigenvalue weighted by atomic mass is 19.4. The minimum Gasteiger partial charge on any atom is -0.378 e. The number of piperidine rings is 1. The molecular weight excluding hydrogens is 489 g/mol. The Kier molecular flexibility index (Phi) is 5.58. The van der Waals surface area contributed by atoms with Crippen LogP contribution in [0, 0.1) is 5.92 Å². The number of nitrogens with zero attached hydrogens (tertiary/aromatic N) is 6. The van der Waals surface area contributed by atoms with Gasteiger partial charge >= 0.3 is 12.2 Å². The van der Waals surface area contributed by atoms with Crippen molar-refractivity contribution >= 4 is 28.4 Å². The number of urea groups is 1. The van der Waals surface area contributed by atoms with Crippen molar-refractivity contribution in [1.29, 1.82) is 0 Å². The summed E-state index contributed by atoms with van der Waals surface area (Å²) >= 11 is 0. The average molecular weight is 519 g/mol. The first-order valence-electron chi connectivity index (χ1n) is 12.5. The van der Waals surface area contributed by atoms with Crippen molar-refractivity contribution in [1.82, 2.24) is 29.9 Å². The summed E-state index contributed by atoms with van der Waals surface area (Å²) in [5.41, 5.74) is 1.46. The molecule has 0 aromatic carbocycles. The van der Waals surface area contributed by atoms with E-state index in [9.17, 15) is 18.0 Å². The van der Waals surface area contributed by atoms with Crippen LogP contribution < -0.4 is 10.2 Å². The van der Waals surface area contributed by atoms with E-state index in [1.165, 1.54) is 12.4 Å². The van der Waals surface area contributed by atoms with E-state index in [0.717, 1.165) is 30.4 Å². The molecule has 2 saturated heterocycles. The van der Waals surface area contributed by atoms with E-state index >= 15 is 0 Å². The summed E-state index contributed by atoms with van der Waals surface area (Å²) in [4.78, 5) is 21.5. The highest BCUT2D eigenvalue weighted by molar-refractivity contribution is 5.96. The van der Waals surface area contributed by atoms with Crippen molar-refractivity contribution in [2.45, 2.75) is 57.0 Å². The van der Waals surface area contributed by atoms with E-state index in [-0.39, 0.29) is 17.7 Å². The Bertz CT molecular complexity index is 1330. The zero-order valence-electron chi connectivity index (χ0n) is 20.7.